The summed E-state index contributed by atoms with van der Waals surface area (Å²) in [5.41, 5.74) is 1.61. The average Bonchev–Trinajstić information content (AvgIpc) is 2.82. The van der Waals surface area contributed by atoms with Crippen LogP contribution in [0.2, 0.25) is 5.02 Å². The lowest BCUT2D eigenvalue weighted by atomic mass is 9.95. The maximum absolute atomic E-state index is 14.4. The van der Waals surface area contributed by atoms with Crippen LogP contribution >= 0.6 is 11.6 Å². The molecular weight excluding hydrogens is 355 g/mol. The number of piperazine rings is 1. The fourth-order valence-electron chi connectivity index (χ4n) is 3.65. The first-order valence-corrected chi connectivity index (χ1v) is 8.85. The SMILES string of the molecule is C#Cc1cc2c(c(Cl)c1-c1c(O)cccc1F)OC[C@H]1CNCCN1C2. The highest BCUT2D eigenvalue weighted by atomic mass is 35.5. The maximum atomic E-state index is 14.4. The minimum absolute atomic E-state index is 0.000450. The molecule has 134 valence electrons. The number of ether oxygens (including phenoxy) is 1. The monoisotopic (exact) mass is 372 g/mol. The van der Waals surface area contributed by atoms with E-state index in [1.54, 1.807) is 0 Å². The number of nitrogens with zero attached hydrogens (tertiary/aromatic N) is 1. The Labute approximate surface area is 156 Å². The summed E-state index contributed by atoms with van der Waals surface area (Å²) in [7, 11) is 0. The molecule has 1 atom stereocenters. The number of aromatic hydroxyl groups is 1. The van der Waals surface area contributed by atoms with Crippen LogP contribution in [0.25, 0.3) is 11.1 Å². The van der Waals surface area contributed by atoms with E-state index < -0.39 is 5.82 Å². The Morgan fingerprint density at radius 2 is 2.23 bits per heavy atom. The predicted octanol–water partition coefficient (Wildman–Crippen LogP) is 3.00. The van der Waals surface area contributed by atoms with E-state index >= 15 is 0 Å². The number of halogens is 2. The topological polar surface area (TPSA) is 44.7 Å². The summed E-state index contributed by atoms with van der Waals surface area (Å²) in [4.78, 5) is 2.33. The van der Waals surface area contributed by atoms with Gasteiger partial charge in [-0.25, -0.2) is 4.39 Å². The standard InChI is InChI=1S/C20H18ClFN2O2/c1-2-12-8-13-10-24-7-6-23-9-14(24)11-26-20(13)19(21)17(12)18-15(22)4-3-5-16(18)25/h1,3-5,8,14,23,25H,6-7,9-11H2/t14-/m1/s1. The van der Waals surface area contributed by atoms with Crippen LogP contribution in [-0.4, -0.2) is 42.3 Å². The second kappa shape index (κ2) is 6.81. The van der Waals surface area contributed by atoms with Crippen LogP contribution in [0.15, 0.2) is 24.3 Å². The molecule has 2 heterocycles. The third-order valence-corrected chi connectivity index (χ3v) is 5.32. The quantitative estimate of drug-likeness (QED) is 0.755. The van der Waals surface area contributed by atoms with Gasteiger partial charge in [0.15, 0.2) is 0 Å². The van der Waals surface area contributed by atoms with Gasteiger partial charge in [-0.2, -0.15) is 0 Å². The van der Waals surface area contributed by atoms with Gasteiger partial charge >= 0.3 is 0 Å². The third-order valence-electron chi connectivity index (χ3n) is 4.96. The Morgan fingerprint density at radius 1 is 1.38 bits per heavy atom. The lowest BCUT2D eigenvalue weighted by molar-refractivity contribution is 0.120. The molecule has 0 spiro atoms. The summed E-state index contributed by atoms with van der Waals surface area (Å²) in [6.45, 7) is 3.82. The van der Waals surface area contributed by atoms with Gasteiger partial charge in [-0.05, 0) is 18.2 Å². The van der Waals surface area contributed by atoms with Gasteiger partial charge in [0.05, 0.1) is 16.6 Å². The fraction of sp³-hybridized carbons (Fsp3) is 0.300. The van der Waals surface area contributed by atoms with E-state index in [1.165, 1.54) is 18.2 Å². The first-order valence-electron chi connectivity index (χ1n) is 8.47. The molecule has 0 radical (unpaired) electrons. The van der Waals surface area contributed by atoms with Gasteiger partial charge < -0.3 is 15.2 Å². The second-order valence-electron chi connectivity index (χ2n) is 6.52. The highest BCUT2D eigenvalue weighted by Crippen LogP contribution is 2.45. The van der Waals surface area contributed by atoms with Crippen molar-refractivity contribution in [2.45, 2.75) is 12.6 Å². The van der Waals surface area contributed by atoms with Gasteiger partial charge in [0.1, 0.15) is 23.9 Å². The zero-order chi connectivity index (χ0) is 18.3. The van der Waals surface area contributed by atoms with Crippen molar-refractivity contribution >= 4 is 11.6 Å². The van der Waals surface area contributed by atoms with E-state index in [2.05, 4.69) is 16.1 Å². The molecule has 2 aromatic rings. The number of fused-ring (bicyclic) bond motifs is 2. The fourth-order valence-corrected chi connectivity index (χ4v) is 4.02. The predicted molar refractivity (Wildman–Crippen MR) is 99.0 cm³/mol. The summed E-state index contributed by atoms with van der Waals surface area (Å²) in [6, 6.07) is 6.17. The Kier molecular flexibility index (Phi) is 4.49. The first-order chi connectivity index (χ1) is 12.6. The second-order valence-corrected chi connectivity index (χ2v) is 6.90. The first kappa shape index (κ1) is 17.2. The molecule has 2 N–H and O–H groups in total. The minimum Gasteiger partial charge on any atom is -0.507 e. The largest absolute Gasteiger partial charge is 0.507 e. The number of phenols is 1. The number of nitrogens with one attached hydrogen (secondary N) is 1. The molecule has 2 aromatic carbocycles. The summed E-state index contributed by atoms with van der Waals surface area (Å²) < 4.78 is 20.4. The average molecular weight is 373 g/mol. The van der Waals surface area contributed by atoms with Crippen LogP contribution < -0.4 is 10.1 Å². The number of hydrogen-bond acceptors (Lipinski definition) is 4. The summed E-state index contributed by atoms with van der Waals surface area (Å²) in [6.07, 6.45) is 5.68. The van der Waals surface area contributed by atoms with Crippen molar-refractivity contribution in [3.05, 3.63) is 46.2 Å². The van der Waals surface area contributed by atoms with Crippen molar-refractivity contribution in [2.75, 3.05) is 26.2 Å². The molecule has 26 heavy (non-hydrogen) atoms. The Morgan fingerprint density at radius 3 is 3.00 bits per heavy atom. The minimum atomic E-state index is -0.585. The van der Waals surface area contributed by atoms with Gasteiger partial charge in [0.25, 0.3) is 0 Å². The van der Waals surface area contributed by atoms with Gasteiger partial charge in [-0.3, -0.25) is 4.90 Å². The number of rotatable bonds is 1. The van der Waals surface area contributed by atoms with Crippen LogP contribution in [0.4, 0.5) is 4.39 Å². The molecule has 1 saturated heterocycles. The summed E-state index contributed by atoms with van der Waals surface area (Å²) in [5, 5.41) is 13.8. The van der Waals surface area contributed by atoms with E-state index in [-0.39, 0.29) is 22.4 Å². The Balaban J connectivity index is 1.89. The summed E-state index contributed by atoms with van der Waals surface area (Å²) >= 11 is 6.63. The number of phenolic OH excluding ortho intramolecular Hbond substituents is 1. The van der Waals surface area contributed by atoms with E-state index in [9.17, 15) is 9.50 Å². The van der Waals surface area contributed by atoms with Crippen molar-refractivity contribution in [1.29, 1.82) is 0 Å². The van der Waals surface area contributed by atoms with Crippen molar-refractivity contribution in [3.63, 3.8) is 0 Å². The molecule has 0 unspecified atom stereocenters. The van der Waals surface area contributed by atoms with E-state index in [0.717, 1.165) is 25.2 Å². The van der Waals surface area contributed by atoms with Crippen LogP contribution in [0.5, 0.6) is 11.5 Å². The molecule has 0 saturated carbocycles. The third kappa shape index (κ3) is 2.80. The molecule has 0 bridgehead atoms. The van der Waals surface area contributed by atoms with Crippen LogP contribution in [0.3, 0.4) is 0 Å². The van der Waals surface area contributed by atoms with Gasteiger partial charge in [-0.1, -0.05) is 23.6 Å². The highest BCUT2D eigenvalue weighted by molar-refractivity contribution is 6.35. The van der Waals surface area contributed by atoms with Crippen LogP contribution in [0.1, 0.15) is 11.1 Å². The zero-order valence-electron chi connectivity index (χ0n) is 14.1. The molecule has 6 heteroatoms. The molecule has 1 fully saturated rings. The Hall–Kier alpha value is -2.26. The number of hydrogen-bond donors (Lipinski definition) is 2. The number of benzene rings is 2. The van der Waals surface area contributed by atoms with E-state index in [0.29, 0.717) is 30.0 Å². The van der Waals surface area contributed by atoms with Gasteiger partial charge in [0.2, 0.25) is 0 Å². The molecule has 0 amide bonds. The molecule has 4 nitrogen and oxygen atoms in total. The highest BCUT2D eigenvalue weighted by Gasteiger charge is 2.30. The molecule has 0 aliphatic carbocycles. The van der Waals surface area contributed by atoms with Crippen molar-refractivity contribution < 1.29 is 14.2 Å². The molecule has 0 aromatic heterocycles. The van der Waals surface area contributed by atoms with E-state index in [1.807, 2.05) is 6.07 Å². The lowest BCUT2D eigenvalue weighted by Crippen LogP contribution is -2.52. The Bertz CT molecular complexity index is 889. The maximum Gasteiger partial charge on any atom is 0.143 e. The zero-order valence-corrected chi connectivity index (χ0v) is 14.8. The van der Waals surface area contributed by atoms with Crippen molar-refractivity contribution in [3.8, 4) is 35.0 Å². The normalized spacial score (nSPS) is 19.7. The molecule has 2 aliphatic rings. The van der Waals surface area contributed by atoms with E-state index in [4.69, 9.17) is 22.8 Å². The smallest absolute Gasteiger partial charge is 0.143 e. The van der Waals surface area contributed by atoms with Crippen molar-refractivity contribution in [1.82, 2.24) is 10.2 Å². The molecule has 4 rings (SSSR count). The molecular formula is C20H18ClFN2O2. The van der Waals surface area contributed by atoms with Crippen LogP contribution in [-0.2, 0) is 6.54 Å². The lowest BCUT2D eigenvalue weighted by Gasteiger charge is -2.33. The van der Waals surface area contributed by atoms with Crippen LogP contribution in [0, 0.1) is 18.2 Å². The number of terminal acetylenes is 1. The molecule has 2 aliphatic heterocycles. The summed E-state index contributed by atoms with van der Waals surface area (Å²) in [5.74, 6) is 2.30. The van der Waals surface area contributed by atoms with Gasteiger partial charge in [-0.15, -0.1) is 6.42 Å². The van der Waals surface area contributed by atoms with Crippen molar-refractivity contribution in [2.24, 2.45) is 0 Å². The van der Waals surface area contributed by atoms with Gasteiger partial charge in [0, 0.05) is 42.9 Å².